The smallest absolute Gasteiger partial charge is 0.255 e. The Balaban J connectivity index is 1.77. The van der Waals surface area contributed by atoms with Gasteiger partial charge in [-0.2, -0.15) is 0 Å². The van der Waals surface area contributed by atoms with Crippen molar-refractivity contribution < 1.29 is 13.5 Å². The van der Waals surface area contributed by atoms with E-state index in [4.69, 9.17) is 21.3 Å². The van der Waals surface area contributed by atoms with Crippen LogP contribution in [0.5, 0.6) is 0 Å². The molecule has 1 aromatic carbocycles. The predicted octanol–water partition coefficient (Wildman–Crippen LogP) is 5.93. The standard InChI is InChI=1S/C29H31ClF2N6O/c1-6-12-28(31,32)16-22-26(30)21-15-20(9-11-24(21)35-27(22)38-13-7-14-38)29(39-5,25-17-33-36-37(25)4)23-10-8-18(2)34-19(23)3/h6,8-11,15,17H,1,7,12-14,16H2,2-5H3. The van der Waals surface area contributed by atoms with Gasteiger partial charge in [-0.1, -0.05) is 35.0 Å². The van der Waals surface area contributed by atoms with Crippen LogP contribution in [0.4, 0.5) is 14.6 Å². The van der Waals surface area contributed by atoms with Crippen LogP contribution in [0.25, 0.3) is 10.9 Å². The predicted molar refractivity (Wildman–Crippen MR) is 149 cm³/mol. The lowest BCUT2D eigenvalue weighted by Gasteiger charge is -2.36. The molecule has 1 fully saturated rings. The number of ether oxygens (including phenoxy) is 1. The van der Waals surface area contributed by atoms with Gasteiger partial charge in [0.05, 0.1) is 22.4 Å². The molecule has 0 N–H and O–H groups in total. The zero-order valence-corrected chi connectivity index (χ0v) is 23.3. The van der Waals surface area contributed by atoms with E-state index in [2.05, 4.69) is 21.9 Å². The first-order chi connectivity index (χ1) is 18.6. The number of hydrogen-bond acceptors (Lipinski definition) is 6. The minimum absolute atomic E-state index is 0.263. The third kappa shape index (κ3) is 4.67. The fraction of sp³-hybridized carbons (Fsp3) is 0.379. The highest BCUT2D eigenvalue weighted by Crippen LogP contribution is 2.44. The van der Waals surface area contributed by atoms with E-state index < -0.39 is 24.4 Å². The fourth-order valence-corrected chi connectivity index (χ4v) is 5.70. The van der Waals surface area contributed by atoms with Crippen LogP contribution in [0.2, 0.25) is 5.02 Å². The van der Waals surface area contributed by atoms with E-state index in [-0.39, 0.29) is 5.02 Å². The molecule has 10 heteroatoms. The molecule has 0 spiro atoms. The SMILES string of the molecule is C=CCC(F)(F)Cc1c(N2CCC2)nc2ccc(C(OC)(c3ccc(C)nc3C)c3cnnn3C)cc2c1Cl. The van der Waals surface area contributed by atoms with Crippen LogP contribution in [0.3, 0.4) is 0 Å². The minimum Gasteiger partial charge on any atom is -0.362 e. The summed E-state index contributed by atoms with van der Waals surface area (Å²) < 4.78 is 37.8. The van der Waals surface area contributed by atoms with Gasteiger partial charge < -0.3 is 9.64 Å². The first-order valence-electron chi connectivity index (χ1n) is 12.8. The van der Waals surface area contributed by atoms with Crippen molar-refractivity contribution >= 4 is 28.3 Å². The van der Waals surface area contributed by atoms with Gasteiger partial charge in [0.2, 0.25) is 0 Å². The van der Waals surface area contributed by atoms with Gasteiger partial charge in [-0.15, -0.1) is 11.7 Å². The number of rotatable bonds is 9. The Morgan fingerprint density at radius 1 is 1.15 bits per heavy atom. The Morgan fingerprint density at radius 2 is 1.92 bits per heavy atom. The van der Waals surface area contributed by atoms with Crippen LogP contribution < -0.4 is 4.90 Å². The lowest BCUT2D eigenvalue weighted by atomic mass is 9.81. The number of fused-ring (bicyclic) bond motifs is 1. The largest absolute Gasteiger partial charge is 0.362 e. The first kappa shape index (κ1) is 27.1. The number of methoxy groups -OCH3 is 1. The van der Waals surface area contributed by atoms with Crippen LogP contribution in [0.1, 0.15) is 46.6 Å². The summed E-state index contributed by atoms with van der Waals surface area (Å²) in [5.74, 6) is -2.48. The molecule has 0 saturated carbocycles. The summed E-state index contributed by atoms with van der Waals surface area (Å²) in [4.78, 5) is 11.5. The lowest BCUT2D eigenvalue weighted by molar-refractivity contribution is 0.00503. The molecule has 1 aliphatic rings. The summed E-state index contributed by atoms with van der Waals surface area (Å²) in [6.07, 6.45) is 2.90. The van der Waals surface area contributed by atoms with E-state index in [0.717, 1.165) is 42.0 Å². The molecule has 1 saturated heterocycles. The molecule has 204 valence electrons. The molecule has 1 atom stereocenters. The van der Waals surface area contributed by atoms with E-state index in [1.165, 1.54) is 6.08 Å². The number of hydrogen-bond donors (Lipinski definition) is 0. The number of allylic oxidation sites excluding steroid dienone is 1. The van der Waals surface area contributed by atoms with Gasteiger partial charge in [-0.3, -0.25) is 4.98 Å². The highest BCUT2D eigenvalue weighted by molar-refractivity contribution is 6.36. The maximum absolute atomic E-state index is 14.9. The normalized spacial score (nSPS) is 15.3. The van der Waals surface area contributed by atoms with E-state index in [0.29, 0.717) is 28.0 Å². The molecule has 39 heavy (non-hydrogen) atoms. The summed E-state index contributed by atoms with van der Waals surface area (Å²) in [6, 6.07) is 9.56. The van der Waals surface area contributed by atoms with Gasteiger partial charge in [0.1, 0.15) is 5.82 Å². The second-order valence-electron chi connectivity index (χ2n) is 10.0. The molecule has 7 nitrogen and oxygen atoms in total. The molecule has 0 bridgehead atoms. The van der Waals surface area contributed by atoms with Gasteiger partial charge >= 0.3 is 0 Å². The van der Waals surface area contributed by atoms with Crippen LogP contribution in [0.15, 0.2) is 49.2 Å². The van der Waals surface area contributed by atoms with Crippen molar-refractivity contribution in [3.05, 3.63) is 88.0 Å². The average Bonchev–Trinajstić information content (AvgIpc) is 3.28. The molecule has 4 aromatic rings. The van der Waals surface area contributed by atoms with Gasteiger partial charge in [0.25, 0.3) is 5.92 Å². The highest BCUT2D eigenvalue weighted by Gasteiger charge is 2.42. The molecule has 0 amide bonds. The molecule has 5 rings (SSSR count). The minimum atomic E-state index is -3.00. The van der Waals surface area contributed by atoms with Crippen molar-refractivity contribution in [3.8, 4) is 0 Å². The number of aromatic nitrogens is 5. The van der Waals surface area contributed by atoms with Gasteiger partial charge in [-0.05, 0) is 44.0 Å². The fourth-order valence-electron chi connectivity index (χ4n) is 5.40. The van der Waals surface area contributed by atoms with Crippen LogP contribution in [-0.2, 0) is 23.8 Å². The highest BCUT2D eigenvalue weighted by atomic mass is 35.5. The van der Waals surface area contributed by atoms with Crippen molar-refractivity contribution in [2.45, 2.75) is 44.6 Å². The van der Waals surface area contributed by atoms with Crippen LogP contribution in [-0.4, -0.2) is 51.1 Å². The topological polar surface area (TPSA) is 69.0 Å². The third-order valence-electron chi connectivity index (χ3n) is 7.42. The average molecular weight is 553 g/mol. The zero-order valence-electron chi connectivity index (χ0n) is 22.5. The summed E-state index contributed by atoms with van der Waals surface area (Å²) in [7, 11) is 3.41. The number of alkyl halides is 2. The summed E-state index contributed by atoms with van der Waals surface area (Å²) in [5, 5.41) is 9.10. The van der Waals surface area contributed by atoms with E-state index in [9.17, 15) is 8.78 Å². The molecular formula is C29H31ClF2N6O. The molecule has 3 aromatic heterocycles. The van der Waals surface area contributed by atoms with Gasteiger partial charge in [0, 0.05) is 68.0 Å². The molecule has 1 aliphatic heterocycles. The van der Waals surface area contributed by atoms with E-state index in [1.807, 2.05) is 49.1 Å². The summed E-state index contributed by atoms with van der Waals surface area (Å²) in [5.41, 5.74) is 3.67. The van der Waals surface area contributed by atoms with Gasteiger partial charge in [0.15, 0.2) is 5.60 Å². The van der Waals surface area contributed by atoms with Crippen molar-refractivity contribution in [1.29, 1.82) is 0 Å². The Kier molecular flexibility index (Phi) is 7.15. The second kappa shape index (κ2) is 10.3. The summed E-state index contributed by atoms with van der Waals surface area (Å²) >= 11 is 6.99. The van der Waals surface area contributed by atoms with Crippen LogP contribution in [0, 0.1) is 13.8 Å². The Bertz CT molecular complexity index is 1550. The van der Waals surface area contributed by atoms with E-state index in [1.54, 1.807) is 25.0 Å². The van der Waals surface area contributed by atoms with Crippen molar-refractivity contribution in [3.63, 3.8) is 0 Å². The van der Waals surface area contributed by atoms with E-state index >= 15 is 0 Å². The number of halogens is 3. The van der Waals surface area contributed by atoms with Crippen LogP contribution >= 0.6 is 11.6 Å². The number of benzene rings is 1. The zero-order chi connectivity index (χ0) is 27.9. The molecule has 0 radical (unpaired) electrons. The third-order valence-corrected chi connectivity index (χ3v) is 7.85. The molecular weight excluding hydrogens is 522 g/mol. The number of aryl methyl sites for hydroxylation is 3. The lowest BCUT2D eigenvalue weighted by Crippen LogP contribution is -2.39. The van der Waals surface area contributed by atoms with Gasteiger partial charge in [-0.25, -0.2) is 18.4 Å². The van der Waals surface area contributed by atoms with Crippen molar-refractivity contribution in [1.82, 2.24) is 25.0 Å². The molecule has 1 unspecified atom stereocenters. The Morgan fingerprint density at radius 3 is 2.51 bits per heavy atom. The molecule has 0 aliphatic carbocycles. The maximum atomic E-state index is 14.9. The first-order valence-corrected chi connectivity index (χ1v) is 13.2. The second-order valence-corrected chi connectivity index (χ2v) is 10.4. The number of anilines is 1. The van der Waals surface area contributed by atoms with Crippen molar-refractivity contribution in [2.24, 2.45) is 7.05 Å². The summed E-state index contributed by atoms with van der Waals surface area (Å²) in [6.45, 7) is 8.86. The Labute approximate surface area is 231 Å². The Hall–Kier alpha value is -3.43. The maximum Gasteiger partial charge on any atom is 0.255 e. The number of pyridine rings is 2. The quantitative estimate of drug-likeness (QED) is 0.240. The number of nitrogens with zero attached hydrogens (tertiary/aromatic N) is 6. The monoisotopic (exact) mass is 552 g/mol. The molecule has 4 heterocycles. The van der Waals surface area contributed by atoms with Crippen molar-refractivity contribution in [2.75, 3.05) is 25.1 Å².